The zero-order chi connectivity index (χ0) is 13.3. The Bertz CT molecular complexity index is 559. The first kappa shape index (κ1) is 12.7. The van der Waals surface area contributed by atoms with E-state index in [-0.39, 0.29) is 11.6 Å². The molecule has 18 heavy (non-hydrogen) atoms. The molecule has 0 radical (unpaired) electrons. The van der Waals surface area contributed by atoms with Gasteiger partial charge in [-0.2, -0.15) is 0 Å². The van der Waals surface area contributed by atoms with Crippen LogP contribution in [0.15, 0.2) is 42.5 Å². The summed E-state index contributed by atoms with van der Waals surface area (Å²) < 4.78 is 26.1. The zero-order valence-corrected chi connectivity index (χ0v) is 10.2. The molecule has 94 valence electrons. The van der Waals surface area contributed by atoms with Crippen LogP contribution in [0.4, 0.5) is 8.78 Å². The molecular weight excluding hydrogens is 234 g/mol. The molecular formula is C15H14F2O. The summed E-state index contributed by atoms with van der Waals surface area (Å²) in [6, 6.07) is 10.1. The molecule has 0 heterocycles. The van der Waals surface area contributed by atoms with Crippen molar-refractivity contribution in [3.63, 3.8) is 0 Å². The fraction of sp³-hybridized carbons (Fsp3) is 0.200. The van der Waals surface area contributed by atoms with Crippen molar-refractivity contribution in [2.24, 2.45) is 0 Å². The second kappa shape index (κ2) is 4.50. The van der Waals surface area contributed by atoms with Gasteiger partial charge in [0.1, 0.15) is 17.2 Å². The highest BCUT2D eigenvalue weighted by molar-refractivity contribution is 5.37. The van der Waals surface area contributed by atoms with E-state index in [9.17, 15) is 13.9 Å². The molecule has 0 aliphatic heterocycles. The monoisotopic (exact) mass is 248 g/mol. The molecule has 1 atom stereocenters. The Morgan fingerprint density at radius 2 is 1.50 bits per heavy atom. The molecule has 0 spiro atoms. The highest BCUT2D eigenvalue weighted by atomic mass is 19.1. The van der Waals surface area contributed by atoms with Crippen molar-refractivity contribution in [1.29, 1.82) is 0 Å². The van der Waals surface area contributed by atoms with Gasteiger partial charge in [0, 0.05) is 0 Å². The molecule has 2 rings (SSSR count). The van der Waals surface area contributed by atoms with Crippen LogP contribution in [0.5, 0.6) is 0 Å². The number of aliphatic hydroxyl groups is 1. The molecule has 0 saturated carbocycles. The van der Waals surface area contributed by atoms with E-state index in [4.69, 9.17) is 0 Å². The summed E-state index contributed by atoms with van der Waals surface area (Å²) >= 11 is 0. The second-order valence-corrected chi connectivity index (χ2v) is 4.54. The van der Waals surface area contributed by atoms with Crippen LogP contribution in [0.1, 0.15) is 23.6 Å². The van der Waals surface area contributed by atoms with E-state index < -0.39 is 5.60 Å². The van der Waals surface area contributed by atoms with Crippen molar-refractivity contribution >= 4 is 0 Å². The number of aryl methyl sites for hydroxylation is 1. The van der Waals surface area contributed by atoms with Crippen molar-refractivity contribution in [2.45, 2.75) is 19.4 Å². The Morgan fingerprint density at radius 1 is 0.944 bits per heavy atom. The molecule has 2 aromatic rings. The van der Waals surface area contributed by atoms with E-state index in [1.807, 2.05) is 0 Å². The maximum atomic E-state index is 13.2. The summed E-state index contributed by atoms with van der Waals surface area (Å²) in [5.41, 5.74) is 0.337. The van der Waals surface area contributed by atoms with E-state index in [2.05, 4.69) is 0 Å². The lowest BCUT2D eigenvalue weighted by Crippen LogP contribution is -2.23. The molecule has 0 saturated heterocycles. The van der Waals surface area contributed by atoms with Crippen LogP contribution in [-0.4, -0.2) is 5.11 Å². The van der Waals surface area contributed by atoms with Gasteiger partial charge < -0.3 is 5.11 Å². The standard InChI is InChI=1S/C15H14F2O/c1-10-9-12(5-8-14(10)17)15(2,18)11-3-6-13(16)7-4-11/h3-9,18H,1-2H3. The molecule has 1 nitrogen and oxygen atoms in total. The van der Waals surface area contributed by atoms with E-state index in [0.29, 0.717) is 16.7 Å². The molecule has 0 aromatic heterocycles. The Balaban J connectivity index is 2.46. The van der Waals surface area contributed by atoms with Crippen LogP contribution in [0.25, 0.3) is 0 Å². The average Bonchev–Trinajstić information content (AvgIpc) is 2.33. The zero-order valence-electron chi connectivity index (χ0n) is 10.2. The molecule has 0 fully saturated rings. The molecule has 1 N–H and O–H groups in total. The van der Waals surface area contributed by atoms with Gasteiger partial charge in [-0.25, -0.2) is 8.78 Å². The molecule has 0 aliphatic carbocycles. The van der Waals surface area contributed by atoms with Gasteiger partial charge in [0.15, 0.2) is 0 Å². The van der Waals surface area contributed by atoms with Crippen molar-refractivity contribution < 1.29 is 13.9 Å². The van der Waals surface area contributed by atoms with E-state index >= 15 is 0 Å². The highest BCUT2D eigenvalue weighted by Gasteiger charge is 2.26. The summed E-state index contributed by atoms with van der Waals surface area (Å²) in [5, 5.41) is 10.5. The van der Waals surface area contributed by atoms with Gasteiger partial charge in [-0.05, 0) is 54.8 Å². The molecule has 0 amide bonds. The van der Waals surface area contributed by atoms with Crippen molar-refractivity contribution in [1.82, 2.24) is 0 Å². The lowest BCUT2D eigenvalue weighted by molar-refractivity contribution is 0.102. The van der Waals surface area contributed by atoms with Crippen molar-refractivity contribution in [3.8, 4) is 0 Å². The minimum atomic E-state index is -1.27. The lowest BCUT2D eigenvalue weighted by atomic mass is 9.87. The Kier molecular flexibility index (Phi) is 3.18. The average molecular weight is 248 g/mol. The fourth-order valence-electron chi connectivity index (χ4n) is 1.89. The van der Waals surface area contributed by atoms with Gasteiger partial charge in [-0.3, -0.25) is 0 Å². The minimum absolute atomic E-state index is 0.311. The van der Waals surface area contributed by atoms with Gasteiger partial charge in [-0.1, -0.05) is 18.2 Å². The normalized spacial score (nSPS) is 14.3. The van der Waals surface area contributed by atoms with Crippen LogP contribution in [-0.2, 0) is 5.60 Å². The molecule has 3 heteroatoms. The van der Waals surface area contributed by atoms with Crippen LogP contribution >= 0.6 is 0 Å². The number of hydrogen-bond acceptors (Lipinski definition) is 1. The third-order valence-corrected chi connectivity index (χ3v) is 3.13. The van der Waals surface area contributed by atoms with Crippen molar-refractivity contribution in [3.05, 3.63) is 70.8 Å². The van der Waals surface area contributed by atoms with Crippen LogP contribution < -0.4 is 0 Å². The molecule has 2 aromatic carbocycles. The van der Waals surface area contributed by atoms with Crippen LogP contribution in [0.3, 0.4) is 0 Å². The SMILES string of the molecule is Cc1cc(C(C)(O)c2ccc(F)cc2)ccc1F. The minimum Gasteiger partial charge on any atom is -0.381 e. The van der Waals surface area contributed by atoms with Gasteiger partial charge in [-0.15, -0.1) is 0 Å². The van der Waals surface area contributed by atoms with Gasteiger partial charge in [0.2, 0.25) is 0 Å². The third kappa shape index (κ3) is 2.27. The highest BCUT2D eigenvalue weighted by Crippen LogP contribution is 2.30. The summed E-state index contributed by atoms with van der Waals surface area (Å²) in [4.78, 5) is 0. The summed E-state index contributed by atoms with van der Waals surface area (Å²) in [6.45, 7) is 3.24. The Labute approximate surface area is 105 Å². The maximum absolute atomic E-state index is 13.2. The molecule has 1 unspecified atom stereocenters. The molecule has 0 bridgehead atoms. The summed E-state index contributed by atoms with van der Waals surface area (Å²) in [5.74, 6) is -0.668. The maximum Gasteiger partial charge on any atom is 0.126 e. The second-order valence-electron chi connectivity index (χ2n) is 4.54. The first-order chi connectivity index (χ1) is 8.41. The topological polar surface area (TPSA) is 20.2 Å². The predicted molar refractivity (Wildman–Crippen MR) is 66.2 cm³/mol. The smallest absolute Gasteiger partial charge is 0.126 e. The predicted octanol–water partition coefficient (Wildman–Crippen LogP) is 3.53. The lowest BCUT2D eigenvalue weighted by Gasteiger charge is -2.25. The van der Waals surface area contributed by atoms with Gasteiger partial charge >= 0.3 is 0 Å². The van der Waals surface area contributed by atoms with Gasteiger partial charge in [0.05, 0.1) is 0 Å². The van der Waals surface area contributed by atoms with Crippen molar-refractivity contribution in [2.75, 3.05) is 0 Å². The third-order valence-electron chi connectivity index (χ3n) is 3.13. The van der Waals surface area contributed by atoms with E-state index in [1.165, 1.54) is 36.4 Å². The number of rotatable bonds is 2. The summed E-state index contributed by atoms with van der Waals surface area (Å²) in [6.07, 6.45) is 0. The first-order valence-electron chi connectivity index (χ1n) is 5.66. The van der Waals surface area contributed by atoms with E-state index in [0.717, 1.165) is 0 Å². The van der Waals surface area contributed by atoms with E-state index in [1.54, 1.807) is 19.9 Å². The number of hydrogen-bond donors (Lipinski definition) is 1. The number of halogens is 2. The fourth-order valence-corrected chi connectivity index (χ4v) is 1.89. The summed E-state index contributed by atoms with van der Waals surface area (Å²) in [7, 11) is 0. The van der Waals surface area contributed by atoms with Crippen LogP contribution in [0, 0.1) is 18.6 Å². The molecule has 0 aliphatic rings. The van der Waals surface area contributed by atoms with Gasteiger partial charge in [0.25, 0.3) is 0 Å². The number of benzene rings is 2. The quantitative estimate of drug-likeness (QED) is 0.862. The Morgan fingerprint density at radius 3 is 2.06 bits per heavy atom. The Hall–Kier alpha value is -1.74. The first-order valence-corrected chi connectivity index (χ1v) is 5.66. The largest absolute Gasteiger partial charge is 0.381 e. The van der Waals surface area contributed by atoms with Crippen LogP contribution in [0.2, 0.25) is 0 Å².